The molecular weight excluding hydrogens is 310 g/mol. The lowest BCUT2D eigenvalue weighted by Crippen LogP contribution is -2.63. The number of piperazine rings is 1. The second-order valence-electron chi connectivity index (χ2n) is 5.91. The van der Waals surface area contributed by atoms with E-state index in [2.05, 4.69) is 15.6 Å². The fourth-order valence-corrected chi connectivity index (χ4v) is 3.56. The number of carbonyl (C=O) groups is 2. The summed E-state index contributed by atoms with van der Waals surface area (Å²) in [5, 5.41) is 6.86. The van der Waals surface area contributed by atoms with Crippen molar-refractivity contribution < 1.29 is 9.59 Å². The number of H-pyrrole nitrogens is 1. The Kier molecular flexibility index (Phi) is 4.61. The zero-order chi connectivity index (χ0) is 16.4. The summed E-state index contributed by atoms with van der Waals surface area (Å²) < 4.78 is 0. The molecule has 2 amide bonds. The second-order valence-corrected chi connectivity index (χ2v) is 6.89. The molecule has 0 bridgehead atoms. The molecule has 1 aliphatic heterocycles. The monoisotopic (exact) mass is 331 g/mol. The van der Waals surface area contributed by atoms with Gasteiger partial charge in [0.1, 0.15) is 12.1 Å². The second kappa shape index (κ2) is 6.66. The van der Waals surface area contributed by atoms with E-state index < -0.39 is 12.1 Å². The van der Waals surface area contributed by atoms with Crippen molar-refractivity contribution in [3.8, 4) is 0 Å². The summed E-state index contributed by atoms with van der Waals surface area (Å²) >= 11 is 1.67. The van der Waals surface area contributed by atoms with Crippen LogP contribution in [-0.2, 0) is 9.59 Å². The van der Waals surface area contributed by atoms with Gasteiger partial charge in [-0.3, -0.25) is 9.59 Å². The van der Waals surface area contributed by atoms with Crippen LogP contribution in [0.4, 0.5) is 0 Å². The maximum Gasteiger partial charge on any atom is 0.243 e. The molecule has 1 aromatic heterocycles. The van der Waals surface area contributed by atoms with Crippen LogP contribution in [-0.4, -0.2) is 40.9 Å². The van der Waals surface area contributed by atoms with Crippen molar-refractivity contribution in [2.75, 3.05) is 12.0 Å². The highest BCUT2D eigenvalue weighted by atomic mass is 32.2. The van der Waals surface area contributed by atoms with Gasteiger partial charge in [0, 0.05) is 23.0 Å². The SMILES string of the molecule is CSCC[C@H]1NC(=O)[C@@H](C(C)c2c[nH]c3ccccc23)NC1=O. The van der Waals surface area contributed by atoms with Crippen LogP contribution in [0.1, 0.15) is 24.8 Å². The molecule has 3 N–H and O–H groups in total. The maximum absolute atomic E-state index is 12.4. The lowest BCUT2D eigenvalue weighted by molar-refractivity contribution is -0.137. The molecule has 1 fully saturated rings. The summed E-state index contributed by atoms with van der Waals surface area (Å²) in [6.07, 6.45) is 4.58. The molecule has 1 unspecified atom stereocenters. The number of rotatable bonds is 5. The van der Waals surface area contributed by atoms with Gasteiger partial charge in [-0.05, 0) is 30.1 Å². The molecule has 6 heteroatoms. The summed E-state index contributed by atoms with van der Waals surface area (Å²) in [4.78, 5) is 27.9. The minimum Gasteiger partial charge on any atom is -0.361 e. The Morgan fingerprint density at radius 2 is 1.96 bits per heavy atom. The number of fused-ring (bicyclic) bond motifs is 1. The fraction of sp³-hybridized carbons (Fsp3) is 0.412. The van der Waals surface area contributed by atoms with Gasteiger partial charge in [0.15, 0.2) is 0 Å². The Bertz CT molecular complexity index is 727. The molecule has 1 aliphatic rings. The molecule has 0 aliphatic carbocycles. The molecule has 23 heavy (non-hydrogen) atoms. The van der Waals surface area contributed by atoms with Crippen LogP contribution >= 0.6 is 11.8 Å². The van der Waals surface area contributed by atoms with E-state index in [1.54, 1.807) is 11.8 Å². The van der Waals surface area contributed by atoms with E-state index in [-0.39, 0.29) is 17.7 Å². The summed E-state index contributed by atoms with van der Waals surface area (Å²) in [5.41, 5.74) is 2.08. The van der Waals surface area contributed by atoms with Gasteiger partial charge in [0.05, 0.1) is 0 Å². The van der Waals surface area contributed by atoms with Gasteiger partial charge >= 0.3 is 0 Å². The summed E-state index contributed by atoms with van der Waals surface area (Å²) in [5.74, 6) is 0.557. The number of hydrogen-bond donors (Lipinski definition) is 3. The van der Waals surface area contributed by atoms with Gasteiger partial charge in [-0.2, -0.15) is 11.8 Å². The van der Waals surface area contributed by atoms with Crippen LogP contribution in [0.5, 0.6) is 0 Å². The molecule has 1 aromatic carbocycles. The molecule has 2 aromatic rings. The van der Waals surface area contributed by atoms with Crippen LogP contribution < -0.4 is 10.6 Å². The van der Waals surface area contributed by atoms with Gasteiger partial charge in [0.25, 0.3) is 0 Å². The Morgan fingerprint density at radius 1 is 1.17 bits per heavy atom. The highest BCUT2D eigenvalue weighted by molar-refractivity contribution is 7.98. The molecule has 0 saturated carbocycles. The van der Waals surface area contributed by atoms with Gasteiger partial charge < -0.3 is 15.6 Å². The Labute approximate surface area is 139 Å². The third-order valence-corrected chi connectivity index (χ3v) is 5.08. The Hall–Kier alpha value is -1.95. The first-order valence-corrected chi connectivity index (χ1v) is 9.17. The molecule has 0 spiro atoms. The van der Waals surface area contributed by atoms with E-state index in [0.29, 0.717) is 6.42 Å². The molecule has 3 atom stereocenters. The maximum atomic E-state index is 12.4. The molecule has 3 rings (SSSR count). The number of amides is 2. The van der Waals surface area contributed by atoms with Crippen molar-refractivity contribution in [3.63, 3.8) is 0 Å². The van der Waals surface area contributed by atoms with E-state index in [0.717, 1.165) is 22.2 Å². The lowest BCUT2D eigenvalue weighted by atomic mass is 9.90. The minimum absolute atomic E-state index is 0.0876. The molecule has 1 saturated heterocycles. The number of nitrogens with one attached hydrogen (secondary N) is 3. The first-order valence-electron chi connectivity index (χ1n) is 7.77. The number of benzene rings is 1. The van der Waals surface area contributed by atoms with Crippen LogP contribution in [0.2, 0.25) is 0 Å². The van der Waals surface area contributed by atoms with Gasteiger partial charge in [-0.25, -0.2) is 0 Å². The van der Waals surface area contributed by atoms with E-state index in [9.17, 15) is 9.59 Å². The zero-order valence-electron chi connectivity index (χ0n) is 13.3. The number of hydrogen-bond acceptors (Lipinski definition) is 3. The molecule has 122 valence electrons. The van der Waals surface area contributed by atoms with Gasteiger partial charge in [-0.15, -0.1) is 0 Å². The Balaban J connectivity index is 1.79. The van der Waals surface area contributed by atoms with Crippen LogP contribution in [0.15, 0.2) is 30.5 Å². The minimum atomic E-state index is -0.535. The fourth-order valence-electron chi connectivity index (χ4n) is 3.09. The highest BCUT2D eigenvalue weighted by Gasteiger charge is 2.37. The number of carbonyl (C=O) groups excluding carboxylic acids is 2. The zero-order valence-corrected chi connectivity index (χ0v) is 14.1. The van der Waals surface area contributed by atoms with Gasteiger partial charge in [-0.1, -0.05) is 25.1 Å². The van der Waals surface area contributed by atoms with Crippen molar-refractivity contribution in [1.29, 1.82) is 0 Å². The Morgan fingerprint density at radius 3 is 2.74 bits per heavy atom. The summed E-state index contributed by atoms with van der Waals surface area (Å²) in [7, 11) is 0. The van der Waals surface area contributed by atoms with Crippen molar-refractivity contribution in [2.24, 2.45) is 0 Å². The smallest absolute Gasteiger partial charge is 0.243 e. The first kappa shape index (κ1) is 15.9. The van der Waals surface area contributed by atoms with Crippen molar-refractivity contribution in [2.45, 2.75) is 31.3 Å². The van der Waals surface area contributed by atoms with Crippen molar-refractivity contribution in [1.82, 2.24) is 15.6 Å². The van der Waals surface area contributed by atoms with E-state index in [4.69, 9.17) is 0 Å². The number of aromatic amines is 1. The van der Waals surface area contributed by atoms with Crippen LogP contribution in [0.3, 0.4) is 0 Å². The predicted octanol–water partition coefficient (Wildman–Crippen LogP) is 2.01. The van der Waals surface area contributed by atoms with Crippen LogP contribution in [0.25, 0.3) is 10.9 Å². The average molecular weight is 331 g/mol. The number of para-hydroxylation sites is 1. The molecular formula is C17H21N3O2S. The van der Waals surface area contributed by atoms with Crippen LogP contribution in [0, 0.1) is 0 Å². The van der Waals surface area contributed by atoms with Crippen molar-refractivity contribution in [3.05, 3.63) is 36.0 Å². The van der Waals surface area contributed by atoms with E-state index in [1.165, 1.54) is 0 Å². The lowest BCUT2D eigenvalue weighted by Gasteiger charge is -2.32. The first-order chi connectivity index (χ1) is 11.1. The molecule has 0 radical (unpaired) electrons. The van der Waals surface area contributed by atoms with Gasteiger partial charge in [0.2, 0.25) is 11.8 Å². The largest absolute Gasteiger partial charge is 0.361 e. The predicted molar refractivity (Wildman–Crippen MR) is 93.6 cm³/mol. The summed E-state index contributed by atoms with van der Waals surface area (Å²) in [6, 6.07) is 7.03. The highest BCUT2D eigenvalue weighted by Crippen LogP contribution is 2.28. The topological polar surface area (TPSA) is 74.0 Å². The number of aromatic nitrogens is 1. The third kappa shape index (κ3) is 3.08. The normalized spacial score (nSPS) is 22.7. The third-order valence-electron chi connectivity index (χ3n) is 4.44. The van der Waals surface area contributed by atoms with E-state index >= 15 is 0 Å². The average Bonchev–Trinajstić information content (AvgIpc) is 2.98. The quantitative estimate of drug-likeness (QED) is 0.784. The summed E-state index contributed by atoms with van der Waals surface area (Å²) in [6.45, 7) is 1.97. The number of thioether (sulfide) groups is 1. The van der Waals surface area contributed by atoms with E-state index in [1.807, 2.05) is 43.6 Å². The molecule has 5 nitrogen and oxygen atoms in total. The van der Waals surface area contributed by atoms with Crippen molar-refractivity contribution >= 4 is 34.5 Å². The standard InChI is InChI=1S/C17H21N3O2S/c1-10(12-9-18-13-6-4-3-5-11(12)13)15-17(22)19-14(7-8-23-2)16(21)20-15/h3-6,9-10,14-15,18H,7-8H2,1-2H3,(H,19,22)(H,20,21)/t10?,14-,15-/m1/s1. The molecule has 2 heterocycles.